The van der Waals surface area contributed by atoms with Gasteiger partial charge in [-0.2, -0.15) is 0 Å². The Morgan fingerprint density at radius 1 is 1.17 bits per heavy atom. The smallest absolute Gasteiger partial charge is 0.161 e. The summed E-state index contributed by atoms with van der Waals surface area (Å²) >= 11 is 0. The molecule has 1 aromatic rings. The molecular weight excluding hydrogens is 230 g/mol. The van der Waals surface area contributed by atoms with Crippen molar-refractivity contribution in [2.45, 2.75) is 24.9 Å². The average Bonchev–Trinajstić information content (AvgIpc) is 2.93. The highest BCUT2D eigenvalue weighted by Gasteiger charge is 2.27. The van der Waals surface area contributed by atoms with Gasteiger partial charge >= 0.3 is 0 Å². The van der Waals surface area contributed by atoms with E-state index in [2.05, 4.69) is 6.07 Å². The van der Waals surface area contributed by atoms with Crippen LogP contribution in [0.3, 0.4) is 0 Å². The van der Waals surface area contributed by atoms with E-state index in [0.29, 0.717) is 19.8 Å². The number of rotatable bonds is 3. The Hall–Kier alpha value is -1.26. The van der Waals surface area contributed by atoms with Crippen LogP contribution in [0.15, 0.2) is 18.2 Å². The van der Waals surface area contributed by atoms with Gasteiger partial charge in [0.1, 0.15) is 13.2 Å². The molecule has 0 bridgehead atoms. The minimum atomic E-state index is 0.248. The first-order valence-corrected chi connectivity index (χ1v) is 6.59. The summed E-state index contributed by atoms with van der Waals surface area (Å²) in [4.78, 5) is 0. The monoisotopic (exact) mass is 249 g/mol. The van der Waals surface area contributed by atoms with Gasteiger partial charge in [0.15, 0.2) is 11.5 Å². The maximum Gasteiger partial charge on any atom is 0.161 e. The largest absolute Gasteiger partial charge is 0.486 e. The second kappa shape index (κ2) is 5.16. The van der Waals surface area contributed by atoms with Crippen molar-refractivity contribution in [3.05, 3.63) is 23.8 Å². The van der Waals surface area contributed by atoms with Gasteiger partial charge in [0.05, 0.1) is 6.10 Å². The first kappa shape index (κ1) is 11.8. The van der Waals surface area contributed by atoms with Gasteiger partial charge in [-0.1, -0.05) is 6.07 Å². The van der Waals surface area contributed by atoms with Gasteiger partial charge in [-0.05, 0) is 30.5 Å². The molecule has 0 saturated carbocycles. The Morgan fingerprint density at radius 3 is 2.72 bits per heavy atom. The van der Waals surface area contributed by atoms with Crippen LogP contribution >= 0.6 is 0 Å². The lowest BCUT2D eigenvalue weighted by Crippen LogP contribution is -2.25. The SMILES string of the molecule is NCC(c1ccc2c(c1)OCCO2)C1CCCO1. The quantitative estimate of drug-likeness (QED) is 0.885. The molecule has 2 aliphatic rings. The van der Waals surface area contributed by atoms with Gasteiger partial charge < -0.3 is 19.9 Å². The normalized spacial score (nSPS) is 23.9. The zero-order valence-electron chi connectivity index (χ0n) is 10.4. The Bertz CT molecular complexity index is 416. The van der Waals surface area contributed by atoms with Crippen LogP contribution < -0.4 is 15.2 Å². The van der Waals surface area contributed by atoms with E-state index < -0.39 is 0 Å². The molecule has 0 spiro atoms. The molecule has 1 fully saturated rings. The Kier molecular flexibility index (Phi) is 3.39. The number of benzene rings is 1. The highest BCUT2D eigenvalue weighted by Crippen LogP contribution is 2.35. The van der Waals surface area contributed by atoms with E-state index >= 15 is 0 Å². The summed E-state index contributed by atoms with van der Waals surface area (Å²) in [6, 6.07) is 6.10. The minimum absolute atomic E-state index is 0.248. The second-order valence-electron chi connectivity index (χ2n) is 4.80. The zero-order valence-corrected chi connectivity index (χ0v) is 10.4. The van der Waals surface area contributed by atoms with Crippen molar-refractivity contribution in [3.63, 3.8) is 0 Å². The zero-order chi connectivity index (χ0) is 12.4. The van der Waals surface area contributed by atoms with Crippen LogP contribution in [0.4, 0.5) is 0 Å². The van der Waals surface area contributed by atoms with Gasteiger partial charge in [-0.3, -0.25) is 0 Å². The van der Waals surface area contributed by atoms with Crippen LogP contribution in [0, 0.1) is 0 Å². The molecule has 98 valence electrons. The lowest BCUT2D eigenvalue weighted by atomic mass is 9.91. The van der Waals surface area contributed by atoms with E-state index in [9.17, 15) is 0 Å². The molecule has 18 heavy (non-hydrogen) atoms. The molecular formula is C14H19NO3. The van der Waals surface area contributed by atoms with Gasteiger partial charge in [0.2, 0.25) is 0 Å². The molecule has 1 saturated heterocycles. The first-order valence-electron chi connectivity index (χ1n) is 6.59. The van der Waals surface area contributed by atoms with Crippen molar-refractivity contribution < 1.29 is 14.2 Å². The van der Waals surface area contributed by atoms with Crippen LogP contribution in [0.1, 0.15) is 24.3 Å². The summed E-state index contributed by atoms with van der Waals surface area (Å²) in [5.41, 5.74) is 7.10. The maximum atomic E-state index is 5.91. The first-order chi connectivity index (χ1) is 8.88. The molecule has 2 N–H and O–H groups in total. The molecule has 2 aliphatic heterocycles. The van der Waals surface area contributed by atoms with Gasteiger partial charge in [0, 0.05) is 19.1 Å². The highest BCUT2D eigenvalue weighted by atomic mass is 16.6. The maximum absolute atomic E-state index is 5.91. The third-order valence-electron chi connectivity index (χ3n) is 3.66. The fourth-order valence-electron chi connectivity index (χ4n) is 2.71. The minimum Gasteiger partial charge on any atom is -0.486 e. The van der Waals surface area contributed by atoms with Crippen molar-refractivity contribution in [2.75, 3.05) is 26.4 Å². The molecule has 4 heteroatoms. The molecule has 3 rings (SSSR count). The van der Waals surface area contributed by atoms with Crippen LogP contribution in [0.2, 0.25) is 0 Å². The van der Waals surface area contributed by atoms with E-state index in [-0.39, 0.29) is 12.0 Å². The van der Waals surface area contributed by atoms with Crippen LogP contribution in [-0.2, 0) is 4.74 Å². The summed E-state index contributed by atoms with van der Waals surface area (Å²) in [6.07, 6.45) is 2.47. The van der Waals surface area contributed by atoms with E-state index in [1.165, 1.54) is 5.56 Å². The Labute approximate surface area is 107 Å². The molecule has 0 radical (unpaired) electrons. The summed E-state index contributed by atoms with van der Waals surface area (Å²) in [6.45, 7) is 2.69. The predicted octanol–water partition coefficient (Wildman–Crippen LogP) is 1.68. The van der Waals surface area contributed by atoms with E-state index in [4.69, 9.17) is 19.9 Å². The molecule has 2 atom stereocenters. The number of fused-ring (bicyclic) bond motifs is 1. The van der Waals surface area contributed by atoms with Crippen LogP contribution in [-0.4, -0.2) is 32.5 Å². The fraction of sp³-hybridized carbons (Fsp3) is 0.571. The summed E-state index contributed by atoms with van der Waals surface area (Å²) < 4.78 is 16.9. The molecule has 0 aromatic heterocycles. The Morgan fingerprint density at radius 2 is 2.00 bits per heavy atom. The molecule has 0 aliphatic carbocycles. The highest BCUT2D eigenvalue weighted by molar-refractivity contribution is 5.45. The van der Waals surface area contributed by atoms with E-state index in [1.54, 1.807) is 0 Å². The average molecular weight is 249 g/mol. The molecule has 1 aromatic carbocycles. The topological polar surface area (TPSA) is 53.7 Å². The number of hydrogen-bond donors (Lipinski definition) is 1. The lowest BCUT2D eigenvalue weighted by molar-refractivity contribution is 0.0903. The van der Waals surface area contributed by atoms with E-state index in [1.807, 2.05) is 12.1 Å². The number of ether oxygens (including phenoxy) is 3. The standard InChI is InChI=1S/C14H19NO3/c15-9-11(12-2-1-5-16-12)10-3-4-13-14(8-10)18-7-6-17-13/h3-4,8,11-12H,1-2,5-7,9,15H2. The number of nitrogens with two attached hydrogens (primary N) is 1. The summed E-state index contributed by atoms with van der Waals surface area (Å²) in [7, 11) is 0. The molecule has 4 nitrogen and oxygen atoms in total. The van der Waals surface area contributed by atoms with E-state index in [0.717, 1.165) is 30.9 Å². The molecule has 2 heterocycles. The van der Waals surface area contributed by atoms with Gasteiger partial charge in [-0.15, -0.1) is 0 Å². The molecule has 2 unspecified atom stereocenters. The molecule has 0 amide bonds. The van der Waals surface area contributed by atoms with Crippen molar-refractivity contribution in [3.8, 4) is 11.5 Å². The van der Waals surface area contributed by atoms with Crippen molar-refractivity contribution in [2.24, 2.45) is 5.73 Å². The summed E-state index contributed by atoms with van der Waals surface area (Å²) in [5, 5.41) is 0. The van der Waals surface area contributed by atoms with Gasteiger partial charge in [0.25, 0.3) is 0 Å². The van der Waals surface area contributed by atoms with Crippen LogP contribution in [0.5, 0.6) is 11.5 Å². The van der Waals surface area contributed by atoms with Gasteiger partial charge in [-0.25, -0.2) is 0 Å². The van der Waals surface area contributed by atoms with Crippen molar-refractivity contribution in [1.82, 2.24) is 0 Å². The van der Waals surface area contributed by atoms with Crippen LogP contribution in [0.25, 0.3) is 0 Å². The third-order valence-corrected chi connectivity index (χ3v) is 3.66. The summed E-state index contributed by atoms with van der Waals surface area (Å²) in [5.74, 6) is 1.91. The second-order valence-corrected chi connectivity index (χ2v) is 4.80. The predicted molar refractivity (Wildman–Crippen MR) is 68.2 cm³/mol. The fourth-order valence-corrected chi connectivity index (χ4v) is 2.71. The lowest BCUT2D eigenvalue weighted by Gasteiger charge is -2.24. The number of hydrogen-bond acceptors (Lipinski definition) is 4. The van der Waals surface area contributed by atoms with Crippen molar-refractivity contribution >= 4 is 0 Å². The Balaban J connectivity index is 1.85. The third kappa shape index (κ3) is 2.18. The van der Waals surface area contributed by atoms with Crippen molar-refractivity contribution in [1.29, 1.82) is 0 Å².